The van der Waals surface area contributed by atoms with Crippen molar-refractivity contribution in [2.24, 2.45) is 11.8 Å². The fraction of sp³-hybridized carbons (Fsp3) is 0.538. The average Bonchev–Trinajstić information content (AvgIpc) is 2.71. The fourth-order valence-corrected chi connectivity index (χ4v) is 2.46. The summed E-state index contributed by atoms with van der Waals surface area (Å²) in [6.07, 6.45) is 1.10. The number of ether oxygens (including phenoxy) is 1. The number of hydrazine groups is 1. The summed E-state index contributed by atoms with van der Waals surface area (Å²) in [7, 11) is 0. The Bertz CT molecular complexity index is 397. The molecule has 1 heterocycles. The lowest BCUT2D eigenvalue weighted by molar-refractivity contribution is 0.0953. The van der Waals surface area contributed by atoms with Gasteiger partial charge in [-0.15, -0.1) is 0 Å². The second kappa shape index (κ2) is 5.12. The molecule has 1 aromatic carbocycles. The summed E-state index contributed by atoms with van der Waals surface area (Å²) in [5, 5.41) is 0. The number of benzene rings is 1. The maximum absolute atomic E-state index is 13.6. The highest BCUT2D eigenvalue weighted by molar-refractivity contribution is 5.26. The normalized spacial score (nSPS) is 26.1. The van der Waals surface area contributed by atoms with E-state index in [1.54, 1.807) is 19.1 Å². The molecule has 4 heteroatoms. The summed E-state index contributed by atoms with van der Waals surface area (Å²) in [5.74, 6) is 5.71. The van der Waals surface area contributed by atoms with Gasteiger partial charge in [0.05, 0.1) is 12.1 Å². The third-order valence-corrected chi connectivity index (χ3v) is 3.60. The van der Waals surface area contributed by atoms with Crippen molar-refractivity contribution in [3.8, 4) is 0 Å². The Kier molecular flexibility index (Phi) is 3.76. The number of nitrogens with one attached hydrogen (secondary N) is 1. The van der Waals surface area contributed by atoms with Gasteiger partial charge in [0.15, 0.2) is 0 Å². The van der Waals surface area contributed by atoms with Crippen LogP contribution in [0.4, 0.5) is 4.39 Å². The van der Waals surface area contributed by atoms with E-state index in [1.807, 2.05) is 13.0 Å². The van der Waals surface area contributed by atoms with Gasteiger partial charge < -0.3 is 4.74 Å². The van der Waals surface area contributed by atoms with Crippen LogP contribution in [0.2, 0.25) is 0 Å². The lowest BCUT2D eigenvalue weighted by Crippen LogP contribution is -2.36. The van der Waals surface area contributed by atoms with Crippen molar-refractivity contribution < 1.29 is 9.13 Å². The number of nitrogens with two attached hydrogens (primary N) is 1. The lowest BCUT2D eigenvalue weighted by Gasteiger charge is -2.25. The number of hydrogen-bond acceptors (Lipinski definition) is 3. The first-order valence-electron chi connectivity index (χ1n) is 5.97. The second-order valence-corrected chi connectivity index (χ2v) is 4.68. The molecule has 3 N–H and O–H groups in total. The monoisotopic (exact) mass is 238 g/mol. The van der Waals surface area contributed by atoms with Gasteiger partial charge in [0.2, 0.25) is 0 Å². The van der Waals surface area contributed by atoms with Crippen LogP contribution in [0.3, 0.4) is 0 Å². The molecule has 1 fully saturated rings. The van der Waals surface area contributed by atoms with E-state index in [0.717, 1.165) is 18.6 Å². The maximum Gasteiger partial charge on any atom is 0.126 e. The molecule has 3 unspecified atom stereocenters. The number of rotatable bonds is 3. The molecule has 0 amide bonds. The molecule has 3 atom stereocenters. The smallest absolute Gasteiger partial charge is 0.126 e. The van der Waals surface area contributed by atoms with E-state index in [4.69, 9.17) is 10.6 Å². The topological polar surface area (TPSA) is 47.3 Å². The third kappa shape index (κ3) is 2.49. The first-order valence-corrected chi connectivity index (χ1v) is 5.97. The van der Waals surface area contributed by atoms with Crippen LogP contribution in [0.5, 0.6) is 0 Å². The Morgan fingerprint density at radius 3 is 2.82 bits per heavy atom. The molecule has 3 nitrogen and oxygen atoms in total. The maximum atomic E-state index is 13.6. The first-order chi connectivity index (χ1) is 8.13. The lowest BCUT2D eigenvalue weighted by atomic mass is 9.88. The van der Waals surface area contributed by atoms with E-state index in [2.05, 4.69) is 5.43 Å². The molecule has 1 aliphatic heterocycles. The quantitative estimate of drug-likeness (QED) is 0.626. The molecule has 1 saturated heterocycles. The summed E-state index contributed by atoms with van der Waals surface area (Å²) < 4.78 is 19.1. The van der Waals surface area contributed by atoms with E-state index < -0.39 is 0 Å². The predicted molar refractivity (Wildman–Crippen MR) is 64.7 cm³/mol. The van der Waals surface area contributed by atoms with Crippen molar-refractivity contribution in [2.45, 2.75) is 32.4 Å². The largest absolute Gasteiger partial charge is 0.378 e. The zero-order valence-electron chi connectivity index (χ0n) is 10.2. The van der Waals surface area contributed by atoms with Crippen molar-refractivity contribution in [1.82, 2.24) is 5.43 Å². The molecular formula is C13H19FN2O. The molecule has 2 rings (SSSR count). The van der Waals surface area contributed by atoms with Crippen molar-refractivity contribution >= 4 is 0 Å². The highest BCUT2D eigenvalue weighted by Crippen LogP contribution is 2.33. The minimum absolute atomic E-state index is 0.0531. The molecule has 0 aliphatic carbocycles. The van der Waals surface area contributed by atoms with Crippen LogP contribution in [0, 0.1) is 18.7 Å². The van der Waals surface area contributed by atoms with Crippen LogP contribution in [-0.2, 0) is 4.74 Å². The van der Waals surface area contributed by atoms with E-state index in [0.29, 0.717) is 11.5 Å². The second-order valence-electron chi connectivity index (χ2n) is 4.68. The Balaban J connectivity index is 2.25. The van der Waals surface area contributed by atoms with Gasteiger partial charge in [-0.3, -0.25) is 11.3 Å². The Morgan fingerprint density at radius 1 is 1.53 bits per heavy atom. The molecule has 0 saturated carbocycles. The van der Waals surface area contributed by atoms with Gasteiger partial charge in [0.25, 0.3) is 0 Å². The van der Waals surface area contributed by atoms with E-state index in [-0.39, 0.29) is 18.0 Å². The van der Waals surface area contributed by atoms with Crippen molar-refractivity contribution in [3.05, 3.63) is 35.1 Å². The summed E-state index contributed by atoms with van der Waals surface area (Å²) in [5.41, 5.74) is 4.33. The van der Waals surface area contributed by atoms with E-state index in [9.17, 15) is 4.39 Å². The fourth-order valence-electron chi connectivity index (χ4n) is 2.46. The Morgan fingerprint density at radius 2 is 2.29 bits per heavy atom. The van der Waals surface area contributed by atoms with Gasteiger partial charge in [-0.05, 0) is 37.5 Å². The first kappa shape index (κ1) is 12.5. The van der Waals surface area contributed by atoms with Crippen molar-refractivity contribution in [1.29, 1.82) is 0 Å². The van der Waals surface area contributed by atoms with Crippen molar-refractivity contribution in [2.75, 3.05) is 6.61 Å². The molecule has 1 aliphatic rings. The molecule has 0 bridgehead atoms. The summed E-state index contributed by atoms with van der Waals surface area (Å²) in [4.78, 5) is 0. The molecule has 0 radical (unpaired) electrons. The molecule has 0 spiro atoms. The number of hydrogen-bond donors (Lipinski definition) is 2. The average molecular weight is 238 g/mol. The van der Waals surface area contributed by atoms with Gasteiger partial charge in [-0.2, -0.15) is 0 Å². The van der Waals surface area contributed by atoms with Crippen LogP contribution >= 0.6 is 0 Å². The Labute approximate surface area is 101 Å². The van der Waals surface area contributed by atoms with Crippen LogP contribution in [0.15, 0.2) is 18.2 Å². The molecule has 17 heavy (non-hydrogen) atoms. The van der Waals surface area contributed by atoms with Gasteiger partial charge in [-0.1, -0.05) is 12.1 Å². The zero-order chi connectivity index (χ0) is 12.4. The van der Waals surface area contributed by atoms with Gasteiger partial charge in [0.1, 0.15) is 5.82 Å². The molecular weight excluding hydrogens is 219 g/mol. The molecule has 0 aromatic heterocycles. The van der Waals surface area contributed by atoms with E-state index in [1.165, 1.54) is 0 Å². The van der Waals surface area contributed by atoms with Crippen LogP contribution in [-0.4, -0.2) is 12.7 Å². The molecule has 94 valence electrons. The summed E-state index contributed by atoms with van der Waals surface area (Å²) in [6, 6.07) is 5.22. The zero-order valence-corrected chi connectivity index (χ0v) is 10.2. The third-order valence-electron chi connectivity index (χ3n) is 3.60. The molecule has 1 aromatic rings. The van der Waals surface area contributed by atoms with Crippen molar-refractivity contribution in [3.63, 3.8) is 0 Å². The minimum Gasteiger partial charge on any atom is -0.378 e. The predicted octanol–water partition coefficient (Wildman–Crippen LogP) is 2.06. The Hall–Kier alpha value is -0.970. The minimum atomic E-state index is -0.186. The van der Waals surface area contributed by atoms with Crippen LogP contribution in [0.25, 0.3) is 0 Å². The van der Waals surface area contributed by atoms with Crippen LogP contribution in [0.1, 0.15) is 30.5 Å². The standard InChI is InChI=1S/C13H19FN2O/c1-8-3-4-10(7-12(8)14)13(16-15)11-5-6-17-9(11)2/h3-4,7,9,11,13,16H,5-6,15H2,1-2H3. The number of aryl methyl sites for hydroxylation is 1. The highest BCUT2D eigenvalue weighted by atomic mass is 19.1. The van der Waals surface area contributed by atoms with Gasteiger partial charge in [0, 0.05) is 12.5 Å². The van der Waals surface area contributed by atoms with Gasteiger partial charge >= 0.3 is 0 Å². The van der Waals surface area contributed by atoms with Gasteiger partial charge in [-0.25, -0.2) is 4.39 Å². The summed E-state index contributed by atoms with van der Waals surface area (Å²) >= 11 is 0. The SMILES string of the molecule is Cc1ccc(C(NN)C2CCOC2C)cc1F. The summed E-state index contributed by atoms with van der Waals surface area (Å²) in [6.45, 7) is 4.54. The highest BCUT2D eigenvalue weighted by Gasteiger charge is 2.32. The van der Waals surface area contributed by atoms with E-state index >= 15 is 0 Å². The van der Waals surface area contributed by atoms with Crippen LogP contribution < -0.4 is 11.3 Å². The number of halogens is 1.